The lowest BCUT2D eigenvalue weighted by Gasteiger charge is -2.39. The van der Waals surface area contributed by atoms with Crippen molar-refractivity contribution in [2.45, 2.75) is 25.0 Å². The maximum Gasteiger partial charge on any atom is 0.325 e. The SMILES string of the molecule is CNC(=O)n1ccc2cc(N(C)c3ccnc(NC(=O)c4ccc(CN5CCC(CO)(OC)CC5)cc4)c3)ccc21. The number of aliphatic hydroxyl groups is 1. The average Bonchev–Trinajstić information content (AvgIpc) is 3.45. The van der Waals surface area contributed by atoms with Gasteiger partial charge >= 0.3 is 6.03 Å². The second-order valence-corrected chi connectivity index (χ2v) is 10.4. The molecule has 2 aromatic carbocycles. The standard InChI is InChI=1S/C31H36N6O4/c1-32-30(40)37-15-11-24-18-25(8-9-27(24)37)35(2)26-10-14-33-28(19-26)34-29(39)23-6-4-22(5-7-23)20-36-16-12-31(21-38,41-3)13-17-36/h4-11,14-15,18-19,38H,12-13,16-17,20-21H2,1-3H3,(H,32,40)(H,33,34,39). The summed E-state index contributed by atoms with van der Waals surface area (Å²) in [4.78, 5) is 33.7. The number of nitrogens with zero attached hydrogens (tertiary/aromatic N) is 4. The monoisotopic (exact) mass is 556 g/mol. The third kappa shape index (κ3) is 6.09. The Labute approximate surface area is 239 Å². The van der Waals surface area contributed by atoms with Gasteiger partial charge in [-0.25, -0.2) is 9.78 Å². The zero-order valence-corrected chi connectivity index (χ0v) is 23.6. The Morgan fingerprint density at radius 3 is 2.46 bits per heavy atom. The minimum Gasteiger partial charge on any atom is -0.393 e. The first kappa shape index (κ1) is 28.3. The van der Waals surface area contributed by atoms with Crippen LogP contribution in [0.15, 0.2) is 73.1 Å². The molecule has 1 saturated heterocycles. The number of fused-ring (bicyclic) bond motifs is 1. The van der Waals surface area contributed by atoms with Crippen LogP contribution in [0.5, 0.6) is 0 Å². The van der Waals surface area contributed by atoms with Crippen molar-refractivity contribution < 1.29 is 19.4 Å². The highest BCUT2D eigenvalue weighted by atomic mass is 16.5. The van der Waals surface area contributed by atoms with Gasteiger partial charge in [0.05, 0.1) is 17.7 Å². The van der Waals surface area contributed by atoms with E-state index in [2.05, 4.69) is 20.5 Å². The first-order valence-electron chi connectivity index (χ1n) is 13.7. The van der Waals surface area contributed by atoms with Crippen LogP contribution >= 0.6 is 0 Å². The fourth-order valence-electron chi connectivity index (χ4n) is 5.24. The minimum atomic E-state index is -0.424. The summed E-state index contributed by atoms with van der Waals surface area (Å²) in [6.45, 7) is 2.53. The fraction of sp³-hybridized carbons (Fsp3) is 0.323. The van der Waals surface area contributed by atoms with E-state index >= 15 is 0 Å². The maximum absolute atomic E-state index is 13.0. The summed E-state index contributed by atoms with van der Waals surface area (Å²) in [6.07, 6.45) is 5.00. The van der Waals surface area contributed by atoms with Gasteiger partial charge in [0.15, 0.2) is 0 Å². The van der Waals surface area contributed by atoms with Gasteiger partial charge in [0.2, 0.25) is 0 Å². The van der Waals surface area contributed by atoms with Crippen LogP contribution < -0.4 is 15.5 Å². The Morgan fingerprint density at radius 1 is 1.05 bits per heavy atom. The number of ether oxygens (including phenoxy) is 1. The molecule has 1 aliphatic rings. The number of hydrogen-bond donors (Lipinski definition) is 3. The number of piperidine rings is 1. The number of aliphatic hydroxyl groups excluding tert-OH is 1. The highest BCUT2D eigenvalue weighted by molar-refractivity contribution is 6.04. The molecule has 0 spiro atoms. The second kappa shape index (κ2) is 12.1. The smallest absolute Gasteiger partial charge is 0.325 e. The highest BCUT2D eigenvalue weighted by Gasteiger charge is 2.33. The summed E-state index contributed by atoms with van der Waals surface area (Å²) < 4.78 is 7.12. The van der Waals surface area contributed by atoms with Crippen LogP contribution in [0, 0.1) is 0 Å². The first-order valence-corrected chi connectivity index (χ1v) is 13.7. The van der Waals surface area contributed by atoms with Gasteiger partial charge in [-0.3, -0.25) is 14.3 Å². The van der Waals surface area contributed by atoms with Gasteiger partial charge in [-0.1, -0.05) is 12.1 Å². The van der Waals surface area contributed by atoms with Crippen LogP contribution in [0.25, 0.3) is 10.9 Å². The van der Waals surface area contributed by atoms with Gasteiger partial charge in [-0.15, -0.1) is 0 Å². The molecule has 1 fully saturated rings. The van der Waals surface area contributed by atoms with E-state index in [1.807, 2.05) is 72.6 Å². The van der Waals surface area contributed by atoms with Crippen LogP contribution in [-0.4, -0.2) is 78.0 Å². The topological polar surface area (TPSA) is 112 Å². The summed E-state index contributed by atoms with van der Waals surface area (Å²) in [7, 11) is 5.21. The van der Waals surface area contributed by atoms with E-state index < -0.39 is 5.60 Å². The number of nitrogens with one attached hydrogen (secondary N) is 2. The molecular formula is C31H36N6O4. The fourth-order valence-corrected chi connectivity index (χ4v) is 5.24. The molecule has 0 atom stereocenters. The van der Waals surface area contributed by atoms with Crippen molar-refractivity contribution in [3.8, 4) is 0 Å². The normalized spacial score (nSPS) is 15.0. The van der Waals surface area contributed by atoms with Crippen LogP contribution in [-0.2, 0) is 11.3 Å². The molecule has 0 radical (unpaired) electrons. The van der Waals surface area contributed by atoms with Crippen LogP contribution in [0.1, 0.15) is 28.8 Å². The molecule has 41 heavy (non-hydrogen) atoms. The lowest BCUT2D eigenvalue weighted by atomic mass is 9.92. The Balaban J connectivity index is 1.21. The van der Waals surface area contributed by atoms with E-state index in [-0.39, 0.29) is 18.5 Å². The summed E-state index contributed by atoms with van der Waals surface area (Å²) in [5, 5.41) is 16.1. The molecule has 0 bridgehead atoms. The largest absolute Gasteiger partial charge is 0.393 e. The van der Waals surface area contributed by atoms with Gasteiger partial charge in [0.1, 0.15) is 5.82 Å². The molecule has 10 nitrogen and oxygen atoms in total. The number of pyridine rings is 1. The molecule has 4 aromatic rings. The molecule has 2 aromatic heterocycles. The van der Waals surface area contributed by atoms with Crippen molar-refractivity contribution in [3.63, 3.8) is 0 Å². The molecule has 1 aliphatic heterocycles. The Hall–Kier alpha value is -4.25. The van der Waals surface area contributed by atoms with Gasteiger partial charge in [-0.2, -0.15) is 0 Å². The summed E-state index contributed by atoms with van der Waals surface area (Å²) in [6, 6.07) is 18.9. The number of methoxy groups -OCH3 is 1. The zero-order valence-electron chi connectivity index (χ0n) is 23.6. The molecule has 0 unspecified atom stereocenters. The lowest BCUT2D eigenvalue weighted by Crippen LogP contribution is -2.47. The number of benzene rings is 2. The molecule has 0 saturated carbocycles. The van der Waals surface area contributed by atoms with Gasteiger partial charge in [0, 0.05) is 81.6 Å². The molecule has 5 rings (SSSR count). The Morgan fingerprint density at radius 2 is 1.78 bits per heavy atom. The summed E-state index contributed by atoms with van der Waals surface area (Å²) >= 11 is 0. The van der Waals surface area contributed by atoms with Crippen LogP contribution in [0.4, 0.5) is 22.0 Å². The summed E-state index contributed by atoms with van der Waals surface area (Å²) in [5.74, 6) is 0.223. The number of rotatable bonds is 8. The maximum atomic E-state index is 13.0. The van der Waals surface area contributed by atoms with Crippen LogP contribution in [0.2, 0.25) is 0 Å². The molecule has 214 valence electrons. The van der Waals surface area contributed by atoms with Crippen molar-refractivity contribution in [1.29, 1.82) is 0 Å². The Kier molecular flexibility index (Phi) is 8.34. The van der Waals surface area contributed by atoms with Crippen molar-refractivity contribution in [2.75, 3.05) is 51.1 Å². The average molecular weight is 557 g/mol. The number of anilines is 3. The van der Waals surface area contributed by atoms with E-state index in [4.69, 9.17) is 4.74 Å². The minimum absolute atomic E-state index is 0.0417. The van der Waals surface area contributed by atoms with E-state index in [0.29, 0.717) is 11.4 Å². The molecule has 10 heteroatoms. The third-order valence-corrected chi connectivity index (χ3v) is 7.98. The van der Waals surface area contributed by atoms with Crippen LogP contribution in [0.3, 0.4) is 0 Å². The Bertz CT molecular complexity index is 1520. The van der Waals surface area contributed by atoms with E-state index in [1.54, 1.807) is 31.1 Å². The quantitative estimate of drug-likeness (QED) is 0.298. The van der Waals surface area contributed by atoms with E-state index in [1.165, 1.54) is 0 Å². The zero-order chi connectivity index (χ0) is 29.0. The van der Waals surface area contributed by atoms with Crippen molar-refractivity contribution in [3.05, 3.63) is 84.2 Å². The van der Waals surface area contributed by atoms with Gasteiger partial charge in [0.25, 0.3) is 5.91 Å². The summed E-state index contributed by atoms with van der Waals surface area (Å²) in [5.41, 5.74) is 3.87. The van der Waals surface area contributed by atoms with Gasteiger partial charge in [-0.05, 0) is 60.9 Å². The highest BCUT2D eigenvalue weighted by Crippen LogP contribution is 2.29. The molecule has 3 N–H and O–H groups in total. The van der Waals surface area contributed by atoms with E-state index in [0.717, 1.165) is 60.3 Å². The molecule has 2 amide bonds. The lowest BCUT2D eigenvalue weighted by molar-refractivity contribution is -0.0899. The van der Waals surface area contributed by atoms with E-state index in [9.17, 15) is 14.7 Å². The number of aromatic nitrogens is 2. The number of likely N-dealkylation sites (tertiary alicyclic amines) is 1. The van der Waals surface area contributed by atoms with Crippen molar-refractivity contribution in [2.24, 2.45) is 0 Å². The molecule has 3 heterocycles. The third-order valence-electron chi connectivity index (χ3n) is 7.98. The van der Waals surface area contributed by atoms with Gasteiger partial charge < -0.3 is 25.4 Å². The molecular weight excluding hydrogens is 520 g/mol. The molecule has 0 aliphatic carbocycles. The first-order chi connectivity index (χ1) is 19.8. The number of amides is 2. The number of carbonyl (C=O) groups excluding carboxylic acids is 2. The number of hydrogen-bond acceptors (Lipinski definition) is 7. The second-order valence-electron chi connectivity index (χ2n) is 10.4. The number of carbonyl (C=O) groups is 2. The van der Waals surface area contributed by atoms with Crippen molar-refractivity contribution >= 4 is 40.0 Å². The predicted molar refractivity (Wildman–Crippen MR) is 160 cm³/mol. The predicted octanol–water partition coefficient (Wildman–Crippen LogP) is 4.22. The van der Waals surface area contributed by atoms with Crippen molar-refractivity contribution in [1.82, 2.24) is 19.8 Å².